The molecule has 0 aliphatic rings. The Hall–Kier alpha value is -1.13. The molecule has 2 aromatic carbocycles. The smallest absolute Gasteiger partial charge is 0.125 e. The summed E-state index contributed by atoms with van der Waals surface area (Å²) in [5.74, 6) is 0.547. The highest BCUT2D eigenvalue weighted by Crippen LogP contribution is 2.29. The number of nitrogens with two attached hydrogens (primary N) is 1. The van der Waals surface area contributed by atoms with Crippen molar-refractivity contribution >= 4 is 29.2 Å². The zero-order valence-electron chi connectivity index (χ0n) is 10.0. The first-order valence-corrected chi connectivity index (χ1v) is 7.71. The van der Waals surface area contributed by atoms with Gasteiger partial charge in [0.2, 0.25) is 0 Å². The third kappa shape index (κ3) is 3.43. The van der Waals surface area contributed by atoms with E-state index in [-0.39, 0.29) is 5.82 Å². The molecule has 0 saturated carbocycles. The lowest BCUT2D eigenvalue weighted by atomic mass is 10.2. The van der Waals surface area contributed by atoms with Gasteiger partial charge in [0.05, 0.1) is 0 Å². The third-order valence-corrected chi connectivity index (χ3v) is 4.43. The average Bonchev–Trinajstić information content (AvgIpc) is 2.38. The van der Waals surface area contributed by atoms with Crippen molar-refractivity contribution in [2.75, 3.05) is 12.0 Å². The molecule has 2 rings (SSSR count). The van der Waals surface area contributed by atoms with E-state index in [1.54, 1.807) is 29.6 Å². The molecular formula is C14H14FNS2. The van der Waals surface area contributed by atoms with Crippen LogP contribution >= 0.6 is 23.5 Å². The zero-order chi connectivity index (χ0) is 13.0. The van der Waals surface area contributed by atoms with Crippen LogP contribution in [0.2, 0.25) is 0 Å². The normalized spacial score (nSPS) is 10.6. The van der Waals surface area contributed by atoms with E-state index in [1.165, 1.54) is 22.6 Å². The molecule has 0 unspecified atom stereocenters. The Morgan fingerprint density at radius 3 is 2.44 bits per heavy atom. The quantitative estimate of drug-likeness (QED) is 0.662. The minimum atomic E-state index is -0.291. The molecule has 94 valence electrons. The zero-order valence-corrected chi connectivity index (χ0v) is 11.7. The van der Waals surface area contributed by atoms with Crippen LogP contribution < -0.4 is 5.73 Å². The van der Waals surface area contributed by atoms with Crippen molar-refractivity contribution in [3.05, 3.63) is 53.8 Å². The van der Waals surface area contributed by atoms with E-state index in [1.807, 2.05) is 0 Å². The first-order chi connectivity index (χ1) is 8.69. The van der Waals surface area contributed by atoms with Gasteiger partial charge in [0.25, 0.3) is 0 Å². The van der Waals surface area contributed by atoms with Crippen molar-refractivity contribution in [1.29, 1.82) is 0 Å². The van der Waals surface area contributed by atoms with E-state index in [0.717, 1.165) is 10.6 Å². The molecule has 4 heteroatoms. The maximum atomic E-state index is 12.9. The second-order valence-corrected chi connectivity index (χ2v) is 5.72. The highest BCUT2D eigenvalue weighted by molar-refractivity contribution is 7.99. The van der Waals surface area contributed by atoms with E-state index in [0.29, 0.717) is 5.69 Å². The molecule has 0 radical (unpaired) electrons. The van der Waals surface area contributed by atoms with Gasteiger partial charge >= 0.3 is 0 Å². The van der Waals surface area contributed by atoms with Crippen LogP contribution in [0.25, 0.3) is 0 Å². The van der Waals surface area contributed by atoms with Crippen LogP contribution in [0.15, 0.2) is 52.3 Å². The van der Waals surface area contributed by atoms with Gasteiger partial charge in [-0.25, -0.2) is 4.39 Å². The average molecular weight is 279 g/mol. The number of hydrogen-bond donors (Lipinski definition) is 1. The molecule has 0 bridgehead atoms. The Labute approximate surface area is 115 Å². The van der Waals surface area contributed by atoms with Gasteiger partial charge < -0.3 is 5.73 Å². The van der Waals surface area contributed by atoms with Crippen molar-refractivity contribution in [2.24, 2.45) is 0 Å². The maximum absolute atomic E-state index is 12.9. The molecule has 0 atom stereocenters. The molecule has 0 amide bonds. The van der Waals surface area contributed by atoms with E-state index >= 15 is 0 Å². The van der Waals surface area contributed by atoms with Crippen molar-refractivity contribution in [3.8, 4) is 0 Å². The lowest BCUT2D eigenvalue weighted by molar-refractivity contribution is 0.627. The van der Waals surface area contributed by atoms with Gasteiger partial charge in [-0.05, 0) is 42.2 Å². The maximum Gasteiger partial charge on any atom is 0.125 e. The molecule has 0 aromatic heterocycles. The minimum absolute atomic E-state index is 0.291. The minimum Gasteiger partial charge on any atom is -0.398 e. The van der Waals surface area contributed by atoms with Crippen molar-refractivity contribution in [1.82, 2.24) is 0 Å². The monoisotopic (exact) mass is 279 g/mol. The molecule has 1 nitrogen and oxygen atoms in total. The van der Waals surface area contributed by atoms with Crippen LogP contribution in [0, 0.1) is 5.82 Å². The molecule has 0 spiro atoms. The summed E-state index contributed by atoms with van der Waals surface area (Å²) >= 11 is 3.35. The SMILES string of the molecule is CSc1ccc(CSc2ccc(F)cc2N)cc1. The Bertz CT molecular complexity index is 526. The molecular weight excluding hydrogens is 265 g/mol. The fourth-order valence-electron chi connectivity index (χ4n) is 1.53. The molecule has 0 heterocycles. The molecule has 0 aliphatic carbocycles. The summed E-state index contributed by atoms with van der Waals surface area (Å²) in [5, 5.41) is 0. The Balaban J connectivity index is 2.02. The molecule has 0 saturated heterocycles. The second-order valence-electron chi connectivity index (χ2n) is 3.82. The van der Waals surface area contributed by atoms with Crippen LogP contribution in [0.3, 0.4) is 0 Å². The van der Waals surface area contributed by atoms with E-state index in [2.05, 4.69) is 30.5 Å². The number of benzene rings is 2. The highest BCUT2D eigenvalue weighted by Gasteiger charge is 2.02. The van der Waals surface area contributed by atoms with Crippen LogP contribution in [-0.4, -0.2) is 6.26 Å². The number of thioether (sulfide) groups is 2. The van der Waals surface area contributed by atoms with Gasteiger partial charge in [-0.1, -0.05) is 12.1 Å². The summed E-state index contributed by atoms with van der Waals surface area (Å²) in [4.78, 5) is 2.18. The Kier molecular flexibility index (Phi) is 4.55. The largest absolute Gasteiger partial charge is 0.398 e. The summed E-state index contributed by atoms with van der Waals surface area (Å²) in [6.45, 7) is 0. The van der Waals surface area contributed by atoms with Crippen LogP contribution in [0.4, 0.5) is 10.1 Å². The van der Waals surface area contributed by atoms with Gasteiger partial charge in [0, 0.05) is 21.2 Å². The van der Waals surface area contributed by atoms with Crippen LogP contribution in [0.5, 0.6) is 0 Å². The Morgan fingerprint density at radius 1 is 1.11 bits per heavy atom. The number of halogens is 1. The predicted molar refractivity (Wildman–Crippen MR) is 78.6 cm³/mol. The predicted octanol–water partition coefficient (Wildman–Crippen LogP) is 4.42. The summed E-state index contributed by atoms with van der Waals surface area (Å²) in [7, 11) is 0. The standard InChI is InChI=1S/C14H14FNS2/c1-17-12-5-2-10(3-6-12)9-18-14-7-4-11(15)8-13(14)16/h2-8H,9,16H2,1H3. The molecule has 0 aliphatic heterocycles. The van der Waals surface area contributed by atoms with E-state index < -0.39 is 0 Å². The number of hydrogen-bond acceptors (Lipinski definition) is 3. The Morgan fingerprint density at radius 2 is 1.83 bits per heavy atom. The van der Waals surface area contributed by atoms with Crippen LogP contribution in [0.1, 0.15) is 5.56 Å². The van der Waals surface area contributed by atoms with Gasteiger partial charge in [0.15, 0.2) is 0 Å². The number of anilines is 1. The molecule has 2 aromatic rings. The summed E-state index contributed by atoms with van der Waals surface area (Å²) in [6.07, 6.45) is 2.06. The summed E-state index contributed by atoms with van der Waals surface area (Å²) in [5.41, 5.74) is 7.51. The van der Waals surface area contributed by atoms with Gasteiger partial charge in [-0.3, -0.25) is 0 Å². The van der Waals surface area contributed by atoms with Crippen molar-refractivity contribution < 1.29 is 4.39 Å². The lowest BCUT2D eigenvalue weighted by Gasteiger charge is -2.06. The van der Waals surface area contributed by atoms with Crippen molar-refractivity contribution in [2.45, 2.75) is 15.5 Å². The topological polar surface area (TPSA) is 26.0 Å². The lowest BCUT2D eigenvalue weighted by Crippen LogP contribution is -1.90. The second kappa shape index (κ2) is 6.16. The van der Waals surface area contributed by atoms with Crippen molar-refractivity contribution in [3.63, 3.8) is 0 Å². The third-order valence-electron chi connectivity index (χ3n) is 2.53. The molecule has 0 fully saturated rings. The number of rotatable bonds is 4. The first-order valence-electron chi connectivity index (χ1n) is 5.50. The van der Waals surface area contributed by atoms with Crippen LogP contribution in [-0.2, 0) is 5.75 Å². The molecule has 18 heavy (non-hydrogen) atoms. The fraction of sp³-hybridized carbons (Fsp3) is 0.143. The fourth-order valence-corrected chi connectivity index (χ4v) is 2.85. The van der Waals surface area contributed by atoms with Gasteiger partial charge in [0.1, 0.15) is 5.82 Å². The first kappa shape index (κ1) is 13.3. The van der Waals surface area contributed by atoms with Gasteiger partial charge in [-0.15, -0.1) is 23.5 Å². The summed E-state index contributed by atoms with van der Waals surface area (Å²) < 4.78 is 12.9. The number of nitrogen functional groups attached to an aromatic ring is 1. The van der Waals surface area contributed by atoms with Gasteiger partial charge in [-0.2, -0.15) is 0 Å². The molecule has 2 N–H and O–H groups in total. The van der Waals surface area contributed by atoms with E-state index in [4.69, 9.17) is 5.73 Å². The summed E-state index contributed by atoms with van der Waals surface area (Å²) in [6, 6.07) is 13.0. The van der Waals surface area contributed by atoms with E-state index in [9.17, 15) is 4.39 Å². The highest BCUT2D eigenvalue weighted by atomic mass is 32.2.